The number of carbonyl (C=O) groups excluding carboxylic acids is 2. The van der Waals surface area contributed by atoms with Gasteiger partial charge >= 0.3 is 5.91 Å². The Labute approximate surface area is 207 Å². The summed E-state index contributed by atoms with van der Waals surface area (Å²) >= 11 is 6.15. The van der Waals surface area contributed by atoms with E-state index in [0.717, 1.165) is 4.90 Å². The third-order valence-electron chi connectivity index (χ3n) is 5.77. The summed E-state index contributed by atoms with van der Waals surface area (Å²) < 4.78 is 2.80. The Morgan fingerprint density at radius 3 is 2.20 bits per heavy atom. The fourth-order valence-electron chi connectivity index (χ4n) is 4.18. The SMILES string of the molecule is CC(C)c1nn(-c2cccc(Cl)c2)c([O-])c1C1=C([n+]2ccccc2)C(=O)N(c2ccccc2)C1=O. The summed E-state index contributed by atoms with van der Waals surface area (Å²) in [5, 5.41) is 18.8. The van der Waals surface area contributed by atoms with Crippen molar-refractivity contribution >= 4 is 40.4 Å². The van der Waals surface area contributed by atoms with E-state index in [1.54, 1.807) is 83.7 Å². The molecule has 7 nitrogen and oxygen atoms in total. The molecule has 174 valence electrons. The van der Waals surface area contributed by atoms with E-state index in [-0.39, 0.29) is 22.8 Å². The maximum absolute atomic E-state index is 13.9. The monoisotopic (exact) mass is 484 g/mol. The van der Waals surface area contributed by atoms with E-state index in [1.807, 2.05) is 19.9 Å². The van der Waals surface area contributed by atoms with Crippen LogP contribution in [-0.4, -0.2) is 21.6 Å². The first-order valence-corrected chi connectivity index (χ1v) is 11.5. The fraction of sp³-hybridized carbons (Fsp3) is 0.111. The molecule has 3 heterocycles. The van der Waals surface area contributed by atoms with Crippen molar-refractivity contribution in [2.45, 2.75) is 19.8 Å². The predicted octanol–water partition coefficient (Wildman–Crippen LogP) is 3.95. The molecule has 8 heteroatoms. The van der Waals surface area contributed by atoms with Crippen LogP contribution in [0.4, 0.5) is 5.69 Å². The number of imide groups is 1. The van der Waals surface area contributed by atoms with Gasteiger partial charge in [0.2, 0.25) is 0 Å². The Morgan fingerprint density at radius 1 is 0.886 bits per heavy atom. The van der Waals surface area contributed by atoms with Gasteiger partial charge in [-0.25, -0.2) is 9.58 Å². The quantitative estimate of drug-likeness (QED) is 0.317. The van der Waals surface area contributed by atoms with E-state index in [0.29, 0.717) is 22.1 Å². The molecule has 0 fully saturated rings. The Balaban J connectivity index is 1.79. The van der Waals surface area contributed by atoms with Crippen molar-refractivity contribution in [3.63, 3.8) is 0 Å². The summed E-state index contributed by atoms with van der Waals surface area (Å²) in [6, 6.07) is 20.8. The number of hydrogen-bond acceptors (Lipinski definition) is 4. The highest BCUT2D eigenvalue weighted by Crippen LogP contribution is 2.40. The van der Waals surface area contributed by atoms with Gasteiger partial charge in [0.25, 0.3) is 11.6 Å². The second-order valence-electron chi connectivity index (χ2n) is 8.40. The number of amides is 2. The molecule has 4 aromatic rings. The molecule has 2 aromatic carbocycles. The molecule has 1 aliphatic heterocycles. The van der Waals surface area contributed by atoms with Gasteiger partial charge in [0.05, 0.1) is 17.1 Å². The number of para-hydroxylation sites is 1. The molecule has 0 saturated heterocycles. The Kier molecular flexibility index (Phi) is 5.70. The van der Waals surface area contributed by atoms with E-state index in [2.05, 4.69) is 5.10 Å². The van der Waals surface area contributed by atoms with Crippen LogP contribution in [0.5, 0.6) is 5.88 Å². The predicted molar refractivity (Wildman–Crippen MR) is 131 cm³/mol. The molecular formula is C27H21ClN4O3. The third kappa shape index (κ3) is 3.80. The van der Waals surface area contributed by atoms with Gasteiger partial charge in [0, 0.05) is 22.7 Å². The first-order chi connectivity index (χ1) is 16.9. The summed E-state index contributed by atoms with van der Waals surface area (Å²) in [5.41, 5.74) is 1.56. The zero-order chi connectivity index (χ0) is 24.7. The standard InChI is InChI=1S/C27H21ClN4O3/c1-17(2)23-21(26(34)32(29-23)20-13-9-10-18(28)16-20)22-24(30-14-7-4-8-15-30)27(35)31(25(22)33)19-11-5-3-6-12-19/h3-17H,1-2H3. The molecule has 0 saturated carbocycles. The smallest absolute Gasteiger partial charge is 0.331 e. The van der Waals surface area contributed by atoms with Gasteiger partial charge in [-0.3, -0.25) is 9.59 Å². The second kappa shape index (κ2) is 8.85. The molecule has 5 rings (SSSR count). The summed E-state index contributed by atoms with van der Waals surface area (Å²) in [4.78, 5) is 28.7. The van der Waals surface area contributed by atoms with Crippen molar-refractivity contribution in [1.82, 2.24) is 9.78 Å². The van der Waals surface area contributed by atoms with Crippen LogP contribution in [0.3, 0.4) is 0 Å². The van der Waals surface area contributed by atoms with Gasteiger partial charge in [-0.1, -0.05) is 55.8 Å². The molecule has 1 aliphatic rings. The largest absolute Gasteiger partial charge is 0.858 e. The molecule has 2 aromatic heterocycles. The zero-order valence-electron chi connectivity index (χ0n) is 19.1. The van der Waals surface area contributed by atoms with Crippen LogP contribution in [-0.2, 0) is 9.59 Å². The molecule has 2 amide bonds. The van der Waals surface area contributed by atoms with Crippen LogP contribution in [0.2, 0.25) is 5.02 Å². The Hall–Kier alpha value is -4.23. The van der Waals surface area contributed by atoms with Gasteiger partial charge in [-0.2, -0.15) is 9.67 Å². The van der Waals surface area contributed by atoms with E-state index in [9.17, 15) is 14.7 Å². The molecule has 0 atom stereocenters. The van der Waals surface area contributed by atoms with Gasteiger partial charge in [-0.05, 0) is 42.1 Å². The van der Waals surface area contributed by atoms with Crippen LogP contribution in [0.15, 0.2) is 85.2 Å². The van der Waals surface area contributed by atoms with Crippen molar-refractivity contribution < 1.29 is 19.3 Å². The van der Waals surface area contributed by atoms with Crippen molar-refractivity contribution in [3.8, 4) is 11.6 Å². The molecule has 0 spiro atoms. The third-order valence-corrected chi connectivity index (χ3v) is 6.00. The van der Waals surface area contributed by atoms with Crippen molar-refractivity contribution in [3.05, 3.63) is 101 Å². The van der Waals surface area contributed by atoms with Gasteiger partial charge in [-0.15, -0.1) is 0 Å². The molecule has 0 bridgehead atoms. The average molecular weight is 485 g/mol. The number of rotatable bonds is 5. The summed E-state index contributed by atoms with van der Waals surface area (Å²) in [5.74, 6) is -1.77. The van der Waals surface area contributed by atoms with Crippen LogP contribution < -0.4 is 14.6 Å². The van der Waals surface area contributed by atoms with Crippen molar-refractivity contribution in [1.29, 1.82) is 0 Å². The first kappa shape index (κ1) is 22.6. The van der Waals surface area contributed by atoms with Crippen LogP contribution in [0.25, 0.3) is 17.0 Å². The van der Waals surface area contributed by atoms with Crippen LogP contribution in [0.1, 0.15) is 31.0 Å². The zero-order valence-corrected chi connectivity index (χ0v) is 19.8. The fourth-order valence-corrected chi connectivity index (χ4v) is 4.37. The van der Waals surface area contributed by atoms with Gasteiger partial charge < -0.3 is 5.11 Å². The van der Waals surface area contributed by atoms with Gasteiger partial charge in [0.15, 0.2) is 12.4 Å². The highest BCUT2D eigenvalue weighted by molar-refractivity contribution is 6.53. The maximum Gasteiger partial charge on any atom is 0.331 e. The summed E-state index contributed by atoms with van der Waals surface area (Å²) in [7, 11) is 0. The highest BCUT2D eigenvalue weighted by atomic mass is 35.5. The lowest BCUT2D eigenvalue weighted by Gasteiger charge is -2.16. The average Bonchev–Trinajstić information content (AvgIpc) is 3.33. The Morgan fingerprint density at radius 2 is 1.54 bits per heavy atom. The summed E-state index contributed by atoms with van der Waals surface area (Å²) in [6.07, 6.45) is 3.35. The number of benzene rings is 2. The maximum atomic E-state index is 13.9. The molecular weight excluding hydrogens is 464 g/mol. The lowest BCUT2D eigenvalue weighted by molar-refractivity contribution is -0.576. The molecule has 0 radical (unpaired) electrons. The number of pyridine rings is 1. The van der Waals surface area contributed by atoms with Crippen molar-refractivity contribution in [2.75, 3.05) is 4.90 Å². The van der Waals surface area contributed by atoms with Crippen LogP contribution in [0, 0.1) is 0 Å². The minimum atomic E-state index is -0.572. The first-order valence-electron chi connectivity index (χ1n) is 11.1. The summed E-state index contributed by atoms with van der Waals surface area (Å²) in [6.45, 7) is 3.78. The molecule has 0 aliphatic carbocycles. The van der Waals surface area contributed by atoms with E-state index < -0.39 is 17.7 Å². The normalized spacial score (nSPS) is 13.9. The number of nitrogens with zero attached hydrogens (tertiary/aromatic N) is 4. The van der Waals surface area contributed by atoms with Gasteiger partial charge in [0.1, 0.15) is 5.57 Å². The molecule has 35 heavy (non-hydrogen) atoms. The van der Waals surface area contributed by atoms with E-state index in [1.165, 1.54) is 4.68 Å². The minimum Gasteiger partial charge on any atom is -0.858 e. The number of aromatic nitrogens is 3. The number of halogens is 1. The highest BCUT2D eigenvalue weighted by Gasteiger charge is 2.47. The lowest BCUT2D eigenvalue weighted by Crippen LogP contribution is -2.39. The number of hydrogen-bond donors (Lipinski definition) is 0. The van der Waals surface area contributed by atoms with Crippen molar-refractivity contribution in [2.24, 2.45) is 0 Å². The topological polar surface area (TPSA) is 82.1 Å². The molecule has 0 unspecified atom stereocenters. The Bertz CT molecular complexity index is 1480. The number of carbonyl (C=O) groups is 2. The van der Waals surface area contributed by atoms with E-state index >= 15 is 0 Å². The number of anilines is 1. The lowest BCUT2D eigenvalue weighted by atomic mass is 9.98. The van der Waals surface area contributed by atoms with Crippen LogP contribution >= 0.6 is 11.6 Å². The molecule has 0 N–H and O–H groups in total. The van der Waals surface area contributed by atoms with E-state index in [4.69, 9.17) is 11.6 Å². The minimum absolute atomic E-state index is 0.0250. The second-order valence-corrected chi connectivity index (χ2v) is 8.84.